The molecule has 22 nitrogen and oxygen atoms in total. The molecule has 0 aliphatic heterocycles. The summed E-state index contributed by atoms with van der Waals surface area (Å²) in [7, 11) is -1.68. The van der Waals surface area contributed by atoms with Gasteiger partial charge in [0.05, 0.1) is 73.7 Å². The monoisotopic (exact) mass is 1060 g/mol. The number of hydrogen-bond acceptors (Lipinski definition) is 20. The molecule has 4 rings (SSSR count). The fourth-order valence-electron chi connectivity index (χ4n) is 6.07. The van der Waals surface area contributed by atoms with Gasteiger partial charge in [0.2, 0.25) is 43.7 Å². The van der Waals surface area contributed by atoms with Crippen molar-refractivity contribution in [2.24, 2.45) is 0 Å². The minimum absolute atomic E-state index is 0. The molecule has 0 amide bonds. The maximum atomic E-state index is 12.1. The van der Waals surface area contributed by atoms with Crippen LogP contribution in [-0.2, 0) is 29.6 Å². The summed E-state index contributed by atoms with van der Waals surface area (Å²) in [5.74, 6) is -1.60. The van der Waals surface area contributed by atoms with Crippen molar-refractivity contribution in [3.05, 3.63) is 83.2 Å². The smallest absolute Gasteiger partial charge is 0.550 e. The third kappa shape index (κ3) is 20.1. The Labute approximate surface area is 443 Å². The Morgan fingerprint density at radius 1 is 0.620 bits per heavy atom. The molecule has 0 bridgehead atoms. The van der Waals surface area contributed by atoms with E-state index in [0.29, 0.717) is 45.5 Å². The summed E-state index contributed by atoms with van der Waals surface area (Å²) in [6, 6.07) is 13.4. The second kappa shape index (κ2) is 28.2. The van der Waals surface area contributed by atoms with Gasteiger partial charge in [-0.3, -0.25) is 0 Å². The molecule has 0 aliphatic rings. The molecule has 0 spiro atoms. The third-order valence-electron chi connectivity index (χ3n) is 9.82. The molecule has 4 N–H and O–H groups in total. The van der Waals surface area contributed by atoms with Crippen molar-refractivity contribution in [2.75, 3.05) is 49.4 Å². The molecule has 4 aromatic rings. The Balaban J connectivity index is 0.000000480. The first-order valence-corrected chi connectivity index (χ1v) is 25.2. The van der Waals surface area contributed by atoms with E-state index < -0.39 is 69.2 Å². The van der Waals surface area contributed by atoms with E-state index in [9.17, 15) is 57.1 Å². The fraction of sp³-hybridized carbons (Fsp3) is 0.435. The Hall–Kier alpha value is -5.18. The van der Waals surface area contributed by atoms with Crippen LogP contribution in [0.1, 0.15) is 87.7 Å². The molecule has 0 fully saturated rings. The molecule has 2 aromatic carbocycles. The van der Waals surface area contributed by atoms with E-state index in [0.717, 1.165) is 21.1 Å². The second-order valence-electron chi connectivity index (χ2n) is 16.4. The van der Waals surface area contributed by atoms with Crippen molar-refractivity contribution in [1.82, 2.24) is 19.9 Å². The minimum atomic E-state index is -3.67. The number of aliphatic carboxylic acids is 2. The second-order valence-corrected chi connectivity index (χ2v) is 20.4. The normalized spacial score (nSPS) is 13.4. The van der Waals surface area contributed by atoms with E-state index in [2.05, 4.69) is 19.9 Å². The van der Waals surface area contributed by atoms with Gasteiger partial charge in [0.1, 0.15) is 23.0 Å². The molecule has 4 atom stereocenters. The number of hydrogen-bond donors (Lipinski definition) is 4. The molecular formula is C46H60CaN6O16S2. The van der Waals surface area contributed by atoms with Gasteiger partial charge >= 0.3 is 37.7 Å². The van der Waals surface area contributed by atoms with Crippen LogP contribution in [0.25, 0.3) is 12.2 Å². The van der Waals surface area contributed by atoms with Gasteiger partial charge in [0.25, 0.3) is 0 Å². The van der Waals surface area contributed by atoms with E-state index in [-0.39, 0.29) is 86.1 Å². The predicted octanol–water partition coefficient (Wildman–Crippen LogP) is 1.74. The summed E-state index contributed by atoms with van der Waals surface area (Å²) in [6.45, 7) is 7.39. The van der Waals surface area contributed by atoms with Crippen LogP contribution in [0.3, 0.4) is 0 Å². The third-order valence-corrected chi connectivity index (χ3v) is 12.1. The van der Waals surface area contributed by atoms with E-state index in [1.807, 2.05) is 27.7 Å². The first kappa shape index (κ1) is 61.9. The molecule has 0 aliphatic carbocycles. The van der Waals surface area contributed by atoms with Crippen molar-refractivity contribution in [2.45, 2.75) is 89.6 Å². The van der Waals surface area contributed by atoms with Crippen LogP contribution in [0.2, 0.25) is 0 Å². The molecule has 2 heterocycles. The number of methoxy groups -OCH3 is 2. The number of carboxylic acids is 2. The van der Waals surface area contributed by atoms with E-state index in [4.69, 9.17) is 18.9 Å². The van der Waals surface area contributed by atoms with Gasteiger partial charge in [-0.1, -0.05) is 52.0 Å². The Kier molecular flexibility index (Phi) is 24.6. The number of aliphatic hydroxyl groups excluding tert-OH is 4. The summed E-state index contributed by atoms with van der Waals surface area (Å²) in [6.07, 6.45) is 1.08. The van der Waals surface area contributed by atoms with Crippen LogP contribution in [0.5, 0.6) is 34.8 Å². The summed E-state index contributed by atoms with van der Waals surface area (Å²) in [5, 5.41) is 61.4. The van der Waals surface area contributed by atoms with Gasteiger partial charge in [0, 0.05) is 63.8 Å². The standard InChI is InChI=1S/2C23H31N3O8S.Ca/c2*1-14(2)21-19(10-9-15(27)11-16(28)12-20(29)30)22(25-23(24-21)26(3)35(5,31)32)34-18-8-6-7-17(13-18)33-4;/h2*6-10,13-16,27-28H,11-12H2,1-5H3,(H,29,30);/q;;+2/p-2/b2*10-9+;/t2*15-,16-;/m11./s1. The number of aromatic nitrogens is 4. The zero-order chi connectivity index (χ0) is 52.7. The quantitative estimate of drug-likeness (QED) is 0.0726. The van der Waals surface area contributed by atoms with Gasteiger partial charge in [-0.05, 0) is 48.3 Å². The minimum Gasteiger partial charge on any atom is -0.550 e. The summed E-state index contributed by atoms with van der Waals surface area (Å²) >= 11 is 0. The Morgan fingerprint density at radius 2 is 0.944 bits per heavy atom. The maximum Gasteiger partial charge on any atom is 2.00 e. The molecule has 0 saturated carbocycles. The van der Waals surface area contributed by atoms with E-state index >= 15 is 0 Å². The summed E-state index contributed by atoms with van der Waals surface area (Å²) < 4.78 is 72.7. The summed E-state index contributed by atoms with van der Waals surface area (Å²) in [4.78, 5) is 38.8. The zero-order valence-electron chi connectivity index (χ0n) is 41.1. The fourth-order valence-corrected chi connectivity index (χ4v) is 6.82. The average molecular weight is 1060 g/mol. The first-order chi connectivity index (χ1) is 32.6. The van der Waals surface area contributed by atoms with Gasteiger partial charge in [0.15, 0.2) is 0 Å². The van der Waals surface area contributed by atoms with Crippen LogP contribution in [0.4, 0.5) is 11.9 Å². The zero-order valence-corrected chi connectivity index (χ0v) is 45.0. The van der Waals surface area contributed by atoms with Crippen molar-refractivity contribution in [1.29, 1.82) is 0 Å². The van der Waals surface area contributed by atoms with Gasteiger partial charge in [-0.2, -0.15) is 9.97 Å². The van der Waals surface area contributed by atoms with Gasteiger partial charge in [-0.25, -0.2) is 35.4 Å². The molecule has 0 radical (unpaired) electrons. The Morgan fingerprint density at radius 3 is 1.23 bits per heavy atom. The molecule has 0 saturated heterocycles. The Bertz CT molecular complexity index is 2530. The number of anilines is 2. The SMILES string of the molecule is COc1cccc(Oc2nc(N(C)S(C)(=O)=O)nc(C(C)C)c2/C=C/[C@@H](O)C[C@@H](O)CC(=O)[O-])c1.COc1cccc(Oc2nc(N(C)S(C)(=O)=O)nc(C(C)C)c2/C=C/[C@@H](O)C[C@@H](O)CC(=O)[O-])c1.[Ca+2]. The molecule has 0 unspecified atom stereocenters. The average Bonchev–Trinajstić information content (AvgIpc) is 3.26. The van der Waals surface area contributed by atoms with Crippen LogP contribution in [0, 0.1) is 0 Å². The van der Waals surface area contributed by atoms with Crippen LogP contribution >= 0.6 is 0 Å². The van der Waals surface area contributed by atoms with Gasteiger partial charge < -0.3 is 59.2 Å². The molecule has 2 aromatic heterocycles. The largest absolute Gasteiger partial charge is 2.00 e. The maximum absolute atomic E-state index is 12.1. The number of sulfonamides is 2. The van der Waals surface area contributed by atoms with E-state index in [1.54, 1.807) is 48.5 Å². The van der Waals surface area contributed by atoms with Crippen molar-refractivity contribution < 1.29 is 76.0 Å². The number of rotatable bonds is 24. The van der Waals surface area contributed by atoms with Crippen molar-refractivity contribution in [3.8, 4) is 34.8 Å². The molecule has 71 heavy (non-hydrogen) atoms. The molecule has 384 valence electrons. The number of nitrogens with zero attached hydrogens (tertiary/aromatic N) is 6. The number of aliphatic hydroxyl groups is 4. The predicted molar refractivity (Wildman–Crippen MR) is 261 cm³/mol. The topological polar surface area (TPSA) is 324 Å². The number of carbonyl (C=O) groups is 2. The van der Waals surface area contributed by atoms with E-state index in [1.165, 1.54) is 52.6 Å². The van der Waals surface area contributed by atoms with Crippen LogP contribution in [0.15, 0.2) is 60.7 Å². The number of carboxylic acid groups (broad SMARTS) is 2. The molecular weight excluding hydrogens is 997 g/mol. The van der Waals surface area contributed by atoms with Gasteiger partial charge in [-0.15, -0.1) is 0 Å². The number of benzene rings is 2. The van der Waals surface area contributed by atoms with Crippen molar-refractivity contribution >= 4 is 93.8 Å². The van der Waals surface area contributed by atoms with Crippen molar-refractivity contribution in [3.63, 3.8) is 0 Å². The number of carbonyl (C=O) groups excluding carboxylic acids is 2. The summed E-state index contributed by atoms with van der Waals surface area (Å²) in [5.41, 5.74) is 1.65. The number of ether oxygens (including phenoxy) is 4. The molecule has 25 heteroatoms. The first-order valence-electron chi connectivity index (χ1n) is 21.5. The van der Waals surface area contributed by atoms with Crippen LogP contribution < -0.4 is 37.8 Å². The van der Waals surface area contributed by atoms with Crippen LogP contribution in [-0.4, -0.2) is 172 Å².